The Bertz CT molecular complexity index is 842. The van der Waals surface area contributed by atoms with E-state index >= 15 is 0 Å². The predicted molar refractivity (Wildman–Crippen MR) is 96.8 cm³/mol. The van der Waals surface area contributed by atoms with Gasteiger partial charge in [0.1, 0.15) is 11.6 Å². The van der Waals surface area contributed by atoms with Gasteiger partial charge >= 0.3 is 0 Å². The minimum absolute atomic E-state index is 0.0549. The first-order valence-corrected chi connectivity index (χ1v) is 9.12. The third-order valence-corrected chi connectivity index (χ3v) is 5.29. The molecule has 1 saturated carbocycles. The highest BCUT2D eigenvalue weighted by atomic mass is 16.5. The Morgan fingerprint density at radius 3 is 2.96 bits per heavy atom. The van der Waals surface area contributed by atoms with Crippen LogP contribution in [-0.2, 0) is 16.0 Å². The molecule has 0 spiro atoms. The monoisotopic (exact) mass is 356 g/mol. The summed E-state index contributed by atoms with van der Waals surface area (Å²) >= 11 is 0. The van der Waals surface area contributed by atoms with Gasteiger partial charge in [-0.05, 0) is 25.0 Å². The van der Waals surface area contributed by atoms with Crippen LogP contribution in [0.4, 0.5) is 0 Å². The van der Waals surface area contributed by atoms with Crippen LogP contribution >= 0.6 is 0 Å². The van der Waals surface area contributed by atoms with Crippen LogP contribution in [-0.4, -0.2) is 64.9 Å². The molecule has 2 aromatic rings. The maximum Gasteiger partial charge on any atom is 0.227 e. The van der Waals surface area contributed by atoms with Crippen LogP contribution in [0.15, 0.2) is 18.2 Å². The molecule has 2 fully saturated rings. The van der Waals surface area contributed by atoms with Crippen LogP contribution in [0, 0.1) is 5.92 Å². The van der Waals surface area contributed by atoms with Crippen molar-refractivity contribution < 1.29 is 14.3 Å². The second-order valence-corrected chi connectivity index (χ2v) is 7.25. The van der Waals surface area contributed by atoms with Gasteiger partial charge in [-0.1, -0.05) is 0 Å². The van der Waals surface area contributed by atoms with Gasteiger partial charge in [-0.25, -0.2) is 4.98 Å². The van der Waals surface area contributed by atoms with Gasteiger partial charge in [-0.2, -0.15) is 0 Å². The van der Waals surface area contributed by atoms with Crippen molar-refractivity contribution in [2.45, 2.75) is 31.7 Å². The van der Waals surface area contributed by atoms with Crippen molar-refractivity contribution in [3.05, 3.63) is 24.0 Å². The van der Waals surface area contributed by atoms with Gasteiger partial charge < -0.3 is 19.5 Å². The molecule has 1 atom stereocenters. The lowest BCUT2D eigenvalue weighted by atomic mass is 10.1. The first-order valence-electron chi connectivity index (χ1n) is 9.12. The zero-order valence-corrected chi connectivity index (χ0v) is 15.2. The Balaban J connectivity index is 1.35. The number of aromatic nitrogens is 2. The Hall–Kier alpha value is -2.57. The van der Waals surface area contributed by atoms with Crippen LogP contribution in [0.1, 0.15) is 25.1 Å². The summed E-state index contributed by atoms with van der Waals surface area (Å²) in [7, 11) is 3.44. The molecule has 2 aliphatic rings. The van der Waals surface area contributed by atoms with Gasteiger partial charge in [0.05, 0.1) is 24.1 Å². The number of carbonyl (C=O) groups is 2. The maximum atomic E-state index is 12.7. The van der Waals surface area contributed by atoms with E-state index in [1.165, 1.54) is 0 Å². The average Bonchev–Trinajstić information content (AvgIpc) is 3.29. The van der Waals surface area contributed by atoms with E-state index in [-0.39, 0.29) is 17.7 Å². The van der Waals surface area contributed by atoms with Crippen molar-refractivity contribution >= 4 is 22.8 Å². The van der Waals surface area contributed by atoms with Crippen LogP contribution in [0.3, 0.4) is 0 Å². The number of carbonyl (C=O) groups excluding carboxylic acids is 2. The Kier molecular flexibility index (Phi) is 4.30. The van der Waals surface area contributed by atoms with Gasteiger partial charge in [0, 0.05) is 45.1 Å². The van der Waals surface area contributed by atoms with Gasteiger partial charge in [-0.15, -0.1) is 0 Å². The van der Waals surface area contributed by atoms with E-state index in [2.05, 4.69) is 9.97 Å². The van der Waals surface area contributed by atoms with E-state index in [0.29, 0.717) is 32.0 Å². The summed E-state index contributed by atoms with van der Waals surface area (Å²) in [4.78, 5) is 36.2. The first kappa shape index (κ1) is 16.9. The summed E-state index contributed by atoms with van der Waals surface area (Å²) in [5, 5.41) is 0. The highest BCUT2D eigenvalue weighted by molar-refractivity contribution is 5.89. The molecular formula is C19H24N4O3. The number of likely N-dealkylation sites (tertiary alicyclic amines) is 1. The lowest BCUT2D eigenvalue weighted by Crippen LogP contribution is -2.36. The number of likely N-dealkylation sites (N-methyl/N-ethyl adjacent to an activating group) is 1. The van der Waals surface area contributed by atoms with Crippen molar-refractivity contribution in [3.63, 3.8) is 0 Å². The fourth-order valence-electron chi connectivity index (χ4n) is 3.62. The highest BCUT2D eigenvalue weighted by Gasteiger charge is 2.42. The summed E-state index contributed by atoms with van der Waals surface area (Å²) < 4.78 is 5.22. The number of imidazole rings is 1. The Labute approximate surface area is 152 Å². The largest absolute Gasteiger partial charge is 0.497 e. The Morgan fingerprint density at radius 2 is 2.23 bits per heavy atom. The topological polar surface area (TPSA) is 78.5 Å². The van der Waals surface area contributed by atoms with Crippen molar-refractivity contribution in [1.82, 2.24) is 19.8 Å². The number of H-pyrrole nitrogens is 1. The molecule has 26 heavy (non-hydrogen) atoms. The molecule has 1 aliphatic heterocycles. The quantitative estimate of drug-likeness (QED) is 0.852. The smallest absolute Gasteiger partial charge is 0.227 e. The molecule has 1 aromatic heterocycles. The molecule has 0 unspecified atom stereocenters. The molecule has 4 rings (SSSR count). The maximum absolute atomic E-state index is 12.7. The molecule has 2 heterocycles. The number of nitrogens with one attached hydrogen (secondary N) is 1. The predicted octanol–water partition coefficient (Wildman–Crippen LogP) is 1.58. The molecule has 2 amide bonds. The lowest BCUT2D eigenvalue weighted by Gasteiger charge is -2.21. The third kappa shape index (κ3) is 3.25. The standard InChI is InChI=1S/C19H24N4O3/c1-22(19(25)12-9-18(24)23(11-12)13-3-4-13)8-7-17-20-15-6-5-14(26-2)10-16(15)21-17/h5-6,10,12-13H,3-4,7-9,11H2,1-2H3,(H,20,21)/t12-/m1/s1. The molecule has 7 heteroatoms. The number of rotatable bonds is 6. The van der Waals surface area contributed by atoms with E-state index in [9.17, 15) is 9.59 Å². The van der Waals surface area contributed by atoms with Gasteiger partial charge in [0.2, 0.25) is 11.8 Å². The Morgan fingerprint density at radius 1 is 1.42 bits per heavy atom. The fraction of sp³-hybridized carbons (Fsp3) is 0.526. The fourth-order valence-corrected chi connectivity index (χ4v) is 3.62. The molecule has 7 nitrogen and oxygen atoms in total. The molecular weight excluding hydrogens is 332 g/mol. The van der Waals surface area contributed by atoms with Crippen LogP contribution in [0.25, 0.3) is 11.0 Å². The number of aromatic amines is 1. The summed E-state index contributed by atoms with van der Waals surface area (Å²) in [6, 6.07) is 6.10. The van der Waals surface area contributed by atoms with Gasteiger partial charge in [0.25, 0.3) is 0 Å². The minimum Gasteiger partial charge on any atom is -0.497 e. The summed E-state index contributed by atoms with van der Waals surface area (Å²) in [5.41, 5.74) is 1.81. The molecule has 1 saturated heterocycles. The number of fused-ring (bicyclic) bond motifs is 1. The van der Waals surface area contributed by atoms with E-state index in [4.69, 9.17) is 4.74 Å². The third-order valence-electron chi connectivity index (χ3n) is 5.29. The summed E-state index contributed by atoms with van der Waals surface area (Å²) in [5.74, 6) is 1.61. The van der Waals surface area contributed by atoms with Crippen LogP contribution in [0.2, 0.25) is 0 Å². The number of hydrogen-bond donors (Lipinski definition) is 1. The second-order valence-electron chi connectivity index (χ2n) is 7.25. The van der Waals surface area contributed by atoms with Gasteiger partial charge in [-0.3, -0.25) is 9.59 Å². The number of ether oxygens (including phenoxy) is 1. The number of amides is 2. The molecule has 138 valence electrons. The highest BCUT2D eigenvalue weighted by Crippen LogP contribution is 2.33. The molecule has 0 bridgehead atoms. The lowest BCUT2D eigenvalue weighted by molar-refractivity contribution is -0.134. The summed E-state index contributed by atoms with van der Waals surface area (Å²) in [6.45, 7) is 1.15. The first-order chi connectivity index (χ1) is 12.5. The van der Waals surface area contributed by atoms with Crippen LogP contribution in [0.5, 0.6) is 5.75 Å². The zero-order valence-electron chi connectivity index (χ0n) is 15.2. The van der Waals surface area contributed by atoms with Gasteiger partial charge in [0.15, 0.2) is 0 Å². The molecule has 0 radical (unpaired) electrons. The molecule has 1 N–H and O–H groups in total. The number of hydrogen-bond acceptors (Lipinski definition) is 4. The molecule has 1 aliphatic carbocycles. The van der Waals surface area contributed by atoms with Crippen molar-refractivity contribution in [1.29, 1.82) is 0 Å². The number of benzene rings is 1. The van der Waals surface area contributed by atoms with Crippen molar-refractivity contribution in [2.75, 3.05) is 27.2 Å². The molecule has 1 aromatic carbocycles. The SMILES string of the molecule is COc1ccc2nc(CCN(C)C(=O)[C@@H]3CC(=O)N(C4CC4)C3)[nH]c2c1. The van der Waals surface area contributed by atoms with E-state index in [0.717, 1.165) is 35.4 Å². The average molecular weight is 356 g/mol. The number of nitrogens with zero attached hydrogens (tertiary/aromatic N) is 3. The second kappa shape index (κ2) is 6.63. The summed E-state index contributed by atoms with van der Waals surface area (Å²) in [6.07, 6.45) is 3.16. The van der Waals surface area contributed by atoms with E-state index < -0.39 is 0 Å². The normalized spacial score (nSPS) is 20.0. The van der Waals surface area contributed by atoms with Crippen molar-refractivity contribution in [3.8, 4) is 5.75 Å². The van der Waals surface area contributed by atoms with Crippen LogP contribution < -0.4 is 4.74 Å². The number of methoxy groups -OCH3 is 1. The van der Waals surface area contributed by atoms with Crippen molar-refractivity contribution in [2.24, 2.45) is 5.92 Å². The zero-order chi connectivity index (χ0) is 18.3. The van der Waals surface area contributed by atoms with E-state index in [1.54, 1.807) is 19.1 Å². The van der Waals surface area contributed by atoms with E-state index in [1.807, 2.05) is 23.1 Å². The minimum atomic E-state index is -0.201.